The summed E-state index contributed by atoms with van der Waals surface area (Å²) in [5, 5.41) is 1.06. The van der Waals surface area contributed by atoms with Gasteiger partial charge in [-0.15, -0.1) is 0 Å². The first-order valence-electron chi connectivity index (χ1n) is 5.22. The molecule has 0 aliphatic heterocycles. The highest BCUT2D eigenvalue weighted by molar-refractivity contribution is 9.09. The van der Waals surface area contributed by atoms with Crippen molar-refractivity contribution in [3.8, 4) is 0 Å². The molecule has 14 heavy (non-hydrogen) atoms. The van der Waals surface area contributed by atoms with Crippen LogP contribution in [0.5, 0.6) is 0 Å². The summed E-state index contributed by atoms with van der Waals surface area (Å²) in [7, 11) is 0. The van der Waals surface area contributed by atoms with E-state index in [1.807, 2.05) is 0 Å². The lowest BCUT2D eigenvalue weighted by atomic mass is 9.81. The number of hydrogen-bond acceptors (Lipinski definition) is 1. The maximum Gasteiger partial charge on any atom is 0.00826 e. The van der Waals surface area contributed by atoms with Crippen molar-refractivity contribution in [2.45, 2.75) is 47.0 Å². The summed E-state index contributed by atoms with van der Waals surface area (Å²) in [6.07, 6.45) is 3.57. The normalized spacial score (nSPS) is 12.9. The van der Waals surface area contributed by atoms with Crippen LogP contribution in [0.25, 0.3) is 0 Å². The maximum atomic E-state index is 5.75. The van der Waals surface area contributed by atoms with E-state index in [0.29, 0.717) is 5.41 Å². The van der Waals surface area contributed by atoms with Crippen LogP contribution in [0, 0.1) is 10.8 Å². The zero-order valence-corrected chi connectivity index (χ0v) is 11.6. The molecule has 0 heterocycles. The summed E-state index contributed by atoms with van der Waals surface area (Å²) < 4.78 is 0. The van der Waals surface area contributed by atoms with Crippen LogP contribution in [0.2, 0.25) is 0 Å². The Bertz CT molecular complexity index is 194. The van der Waals surface area contributed by atoms with Crippen molar-refractivity contribution in [2.24, 2.45) is 16.6 Å². The molecule has 0 aliphatic carbocycles. The lowest BCUT2D eigenvalue weighted by Gasteiger charge is -2.27. The number of rotatable bonds is 6. The molecule has 0 fully saturated rings. The zero-order valence-electron chi connectivity index (χ0n) is 9.99. The van der Waals surface area contributed by atoms with Gasteiger partial charge in [0.1, 0.15) is 0 Å². The van der Waals surface area contributed by atoms with E-state index in [2.05, 4.69) is 50.2 Å². The Morgan fingerprint density at radius 3 is 2.07 bits per heavy atom. The van der Waals surface area contributed by atoms with Crippen LogP contribution in [0.1, 0.15) is 47.0 Å². The molecule has 1 nitrogen and oxygen atoms in total. The standard InChI is InChI=1S/C12H24BrN/c1-10(14)12(4,5)8-6-7-11(2,3)9-13/h1,6-9,14H2,2-5H3. The fraction of sp³-hybridized carbons (Fsp3) is 0.833. The molecule has 0 radical (unpaired) electrons. The Hall–Kier alpha value is 0.0200. The average Bonchev–Trinajstić information content (AvgIpc) is 2.03. The first kappa shape index (κ1) is 14.0. The molecule has 2 heteroatoms. The topological polar surface area (TPSA) is 26.0 Å². The predicted octanol–water partition coefficient (Wildman–Crippen LogP) is 4.08. The first-order valence-corrected chi connectivity index (χ1v) is 6.34. The van der Waals surface area contributed by atoms with Gasteiger partial charge in [0, 0.05) is 16.4 Å². The quantitative estimate of drug-likeness (QED) is 0.717. The van der Waals surface area contributed by atoms with E-state index in [9.17, 15) is 0 Å². The second-order valence-corrected chi connectivity index (χ2v) is 6.12. The van der Waals surface area contributed by atoms with Gasteiger partial charge in [-0.25, -0.2) is 0 Å². The van der Waals surface area contributed by atoms with Crippen molar-refractivity contribution >= 4 is 15.9 Å². The maximum absolute atomic E-state index is 5.75. The molecule has 0 atom stereocenters. The van der Waals surface area contributed by atoms with E-state index in [-0.39, 0.29) is 5.41 Å². The molecular weight excluding hydrogens is 238 g/mol. The number of allylic oxidation sites excluding steroid dienone is 1. The molecule has 0 unspecified atom stereocenters. The molecule has 0 amide bonds. The monoisotopic (exact) mass is 261 g/mol. The predicted molar refractivity (Wildman–Crippen MR) is 68.5 cm³/mol. The largest absolute Gasteiger partial charge is 0.402 e. The van der Waals surface area contributed by atoms with Gasteiger partial charge < -0.3 is 5.73 Å². The Balaban J connectivity index is 3.91. The van der Waals surface area contributed by atoms with Gasteiger partial charge in [-0.3, -0.25) is 0 Å². The summed E-state index contributed by atoms with van der Waals surface area (Å²) in [6, 6.07) is 0. The highest BCUT2D eigenvalue weighted by Crippen LogP contribution is 2.32. The van der Waals surface area contributed by atoms with E-state index in [1.54, 1.807) is 0 Å². The lowest BCUT2D eigenvalue weighted by Crippen LogP contribution is -2.21. The van der Waals surface area contributed by atoms with Crippen molar-refractivity contribution < 1.29 is 0 Å². The number of halogens is 1. The van der Waals surface area contributed by atoms with E-state index < -0.39 is 0 Å². The van der Waals surface area contributed by atoms with Crippen molar-refractivity contribution in [3.63, 3.8) is 0 Å². The third-order valence-electron chi connectivity index (χ3n) is 2.89. The van der Waals surface area contributed by atoms with Gasteiger partial charge in [-0.1, -0.05) is 56.6 Å². The Labute approximate surface area is 97.3 Å². The van der Waals surface area contributed by atoms with Crippen LogP contribution >= 0.6 is 15.9 Å². The first-order chi connectivity index (χ1) is 6.21. The van der Waals surface area contributed by atoms with Gasteiger partial charge in [0.05, 0.1) is 0 Å². The molecule has 2 N–H and O–H groups in total. The molecule has 0 aromatic heterocycles. The summed E-state index contributed by atoms with van der Waals surface area (Å²) in [5.41, 5.74) is 7.03. The smallest absolute Gasteiger partial charge is 0.00826 e. The molecule has 0 aromatic carbocycles. The lowest BCUT2D eigenvalue weighted by molar-refractivity contribution is 0.318. The Morgan fingerprint density at radius 1 is 1.21 bits per heavy atom. The third kappa shape index (κ3) is 5.04. The summed E-state index contributed by atoms with van der Waals surface area (Å²) in [5.74, 6) is 0. The molecule has 0 aromatic rings. The highest BCUT2D eigenvalue weighted by Gasteiger charge is 2.22. The van der Waals surface area contributed by atoms with Crippen molar-refractivity contribution in [1.29, 1.82) is 0 Å². The summed E-state index contributed by atoms with van der Waals surface area (Å²) in [4.78, 5) is 0. The van der Waals surface area contributed by atoms with E-state index in [1.165, 1.54) is 12.8 Å². The minimum Gasteiger partial charge on any atom is -0.402 e. The fourth-order valence-electron chi connectivity index (χ4n) is 1.24. The molecular formula is C12H24BrN. The minimum atomic E-state index is 0.0857. The molecule has 0 saturated carbocycles. The minimum absolute atomic E-state index is 0.0857. The van der Waals surface area contributed by atoms with E-state index >= 15 is 0 Å². The summed E-state index contributed by atoms with van der Waals surface area (Å²) >= 11 is 3.54. The van der Waals surface area contributed by atoms with Gasteiger partial charge in [0.2, 0.25) is 0 Å². The van der Waals surface area contributed by atoms with Crippen LogP contribution in [0.3, 0.4) is 0 Å². The molecule has 0 aliphatic rings. The van der Waals surface area contributed by atoms with Crippen LogP contribution < -0.4 is 5.73 Å². The molecule has 0 spiro atoms. The van der Waals surface area contributed by atoms with Gasteiger partial charge in [0.25, 0.3) is 0 Å². The Morgan fingerprint density at radius 2 is 1.71 bits per heavy atom. The Kier molecular flexibility index (Phi) is 5.21. The third-order valence-corrected chi connectivity index (χ3v) is 4.40. The van der Waals surface area contributed by atoms with Crippen molar-refractivity contribution in [3.05, 3.63) is 12.3 Å². The number of nitrogens with two attached hydrogens (primary N) is 1. The molecule has 0 bridgehead atoms. The van der Waals surface area contributed by atoms with Crippen LogP contribution in [0.4, 0.5) is 0 Å². The van der Waals surface area contributed by atoms with Crippen LogP contribution in [-0.4, -0.2) is 5.33 Å². The highest BCUT2D eigenvalue weighted by atomic mass is 79.9. The summed E-state index contributed by atoms with van der Waals surface area (Å²) in [6.45, 7) is 12.7. The SMILES string of the molecule is C=C(N)C(C)(C)CCCC(C)(C)CBr. The van der Waals surface area contributed by atoms with Gasteiger partial charge in [-0.05, 0) is 18.3 Å². The van der Waals surface area contributed by atoms with E-state index in [0.717, 1.165) is 17.4 Å². The molecule has 84 valence electrons. The van der Waals surface area contributed by atoms with Gasteiger partial charge >= 0.3 is 0 Å². The van der Waals surface area contributed by atoms with Crippen molar-refractivity contribution in [1.82, 2.24) is 0 Å². The number of alkyl halides is 1. The van der Waals surface area contributed by atoms with Crippen molar-refractivity contribution in [2.75, 3.05) is 5.33 Å². The fourth-order valence-corrected chi connectivity index (χ4v) is 1.52. The second-order valence-electron chi connectivity index (χ2n) is 5.56. The van der Waals surface area contributed by atoms with E-state index in [4.69, 9.17) is 5.73 Å². The van der Waals surface area contributed by atoms with Gasteiger partial charge in [0.15, 0.2) is 0 Å². The zero-order chi connectivity index (χ0) is 11.4. The van der Waals surface area contributed by atoms with Crippen LogP contribution in [0.15, 0.2) is 12.3 Å². The number of hydrogen-bond donors (Lipinski definition) is 1. The second kappa shape index (κ2) is 5.20. The molecule has 0 saturated heterocycles. The molecule has 0 rings (SSSR count). The van der Waals surface area contributed by atoms with Gasteiger partial charge in [-0.2, -0.15) is 0 Å². The van der Waals surface area contributed by atoms with Crippen LogP contribution in [-0.2, 0) is 0 Å². The average molecular weight is 262 g/mol.